The summed E-state index contributed by atoms with van der Waals surface area (Å²) < 4.78 is 23.5. The van der Waals surface area contributed by atoms with Gasteiger partial charge in [0.15, 0.2) is 6.61 Å². The van der Waals surface area contributed by atoms with Crippen molar-refractivity contribution in [1.82, 2.24) is 0 Å². The molecule has 0 bridgehead atoms. The Kier molecular flexibility index (Phi) is 4.99. The molecule has 0 unspecified atom stereocenters. The number of hydrogen-bond donors (Lipinski definition) is 1. The van der Waals surface area contributed by atoms with Gasteiger partial charge in [0, 0.05) is 12.6 Å². The molecule has 108 valence electrons. The second kappa shape index (κ2) is 7.15. The van der Waals surface area contributed by atoms with E-state index in [4.69, 9.17) is 14.7 Å². The van der Waals surface area contributed by atoms with E-state index in [9.17, 15) is 4.39 Å². The van der Waals surface area contributed by atoms with Crippen LogP contribution in [0, 0.1) is 17.1 Å². The maximum Gasteiger partial charge on any atom is 0.174 e. The summed E-state index contributed by atoms with van der Waals surface area (Å²) in [6.07, 6.45) is 0. The van der Waals surface area contributed by atoms with Crippen LogP contribution in [0.25, 0.3) is 0 Å². The smallest absolute Gasteiger partial charge is 0.174 e. The SMILES string of the molecule is COc1cc(F)ccc1NCc1cccc(OCC#N)c1. The first kappa shape index (κ1) is 14.7. The number of hydrogen-bond acceptors (Lipinski definition) is 4. The van der Waals surface area contributed by atoms with Crippen molar-refractivity contribution in [3.63, 3.8) is 0 Å². The number of nitrogens with zero attached hydrogens (tertiary/aromatic N) is 1. The maximum absolute atomic E-state index is 13.1. The number of nitriles is 1. The van der Waals surface area contributed by atoms with E-state index < -0.39 is 0 Å². The summed E-state index contributed by atoms with van der Waals surface area (Å²) in [5.74, 6) is 0.748. The first-order valence-corrected chi connectivity index (χ1v) is 6.39. The van der Waals surface area contributed by atoms with Crippen molar-refractivity contribution in [1.29, 1.82) is 5.26 Å². The van der Waals surface area contributed by atoms with E-state index in [1.807, 2.05) is 24.3 Å². The lowest BCUT2D eigenvalue weighted by Gasteiger charge is -2.12. The molecule has 2 aromatic carbocycles. The van der Waals surface area contributed by atoms with Crippen LogP contribution in [-0.2, 0) is 6.54 Å². The van der Waals surface area contributed by atoms with Crippen LogP contribution in [0.2, 0.25) is 0 Å². The van der Waals surface area contributed by atoms with Crippen molar-refractivity contribution in [2.45, 2.75) is 6.54 Å². The highest BCUT2D eigenvalue weighted by Gasteiger charge is 2.04. The summed E-state index contributed by atoms with van der Waals surface area (Å²) in [6.45, 7) is 0.550. The average Bonchev–Trinajstić information content (AvgIpc) is 2.52. The molecule has 2 rings (SSSR count). The van der Waals surface area contributed by atoms with E-state index in [1.54, 1.807) is 12.1 Å². The molecule has 2 aromatic rings. The van der Waals surface area contributed by atoms with Gasteiger partial charge < -0.3 is 14.8 Å². The molecular formula is C16H15FN2O2. The van der Waals surface area contributed by atoms with Crippen LogP contribution in [0.5, 0.6) is 11.5 Å². The third kappa shape index (κ3) is 4.11. The zero-order valence-electron chi connectivity index (χ0n) is 11.6. The zero-order valence-corrected chi connectivity index (χ0v) is 11.6. The van der Waals surface area contributed by atoms with Gasteiger partial charge in [-0.3, -0.25) is 0 Å². The Hall–Kier alpha value is -2.74. The number of halogens is 1. The monoisotopic (exact) mass is 286 g/mol. The Labute approximate surface area is 122 Å². The van der Waals surface area contributed by atoms with Gasteiger partial charge in [-0.1, -0.05) is 12.1 Å². The minimum Gasteiger partial charge on any atom is -0.494 e. The molecule has 1 N–H and O–H groups in total. The predicted octanol–water partition coefficient (Wildman–Crippen LogP) is 3.35. The van der Waals surface area contributed by atoms with Crippen molar-refractivity contribution in [3.8, 4) is 17.6 Å². The first-order chi connectivity index (χ1) is 10.2. The van der Waals surface area contributed by atoms with Crippen molar-refractivity contribution >= 4 is 5.69 Å². The highest BCUT2D eigenvalue weighted by Crippen LogP contribution is 2.25. The molecule has 0 heterocycles. The molecule has 0 amide bonds. The minimum absolute atomic E-state index is 0.0165. The van der Waals surface area contributed by atoms with Crippen LogP contribution in [0.1, 0.15) is 5.56 Å². The van der Waals surface area contributed by atoms with Crippen LogP contribution in [0.3, 0.4) is 0 Å². The second-order valence-electron chi connectivity index (χ2n) is 4.29. The quantitative estimate of drug-likeness (QED) is 0.884. The lowest BCUT2D eigenvalue weighted by molar-refractivity contribution is 0.368. The molecule has 0 aromatic heterocycles. The zero-order chi connectivity index (χ0) is 15.1. The molecule has 0 saturated carbocycles. The van der Waals surface area contributed by atoms with Crippen molar-refractivity contribution in [2.75, 3.05) is 19.0 Å². The Balaban J connectivity index is 2.04. The molecule has 0 aliphatic heterocycles. The molecule has 4 nitrogen and oxygen atoms in total. The van der Waals surface area contributed by atoms with Gasteiger partial charge >= 0.3 is 0 Å². The van der Waals surface area contributed by atoms with E-state index in [2.05, 4.69) is 5.32 Å². The Bertz CT molecular complexity index is 653. The molecular weight excluding hydrogens is 271 g/mol. The summed E-state index contributed by atoms with van der Waals surface area (Å²) in [7, 11) is 1.50. The molecule has 5 heteroatoms. The van der Waals surface area contributed by atoms with E-state index >= 15 is 0 Å². The Morgan fingerprint density at radius 3 is 2.86 bits per heavy atom. The van der Waals surface area contributed by atoms with Gasteiger partial charge in [-0.25, -0.2) is 4.39 Å². The van der Waals surface area contributed by atoms with Crippen LogP contribution in [-0.4, -0.2) is 13.7 Å². The minimum atomic E-state index is -0.343. The van der Waals surface area contributed by atoms with Gasteiger partial charge in [0.05, 0.1) is 12.8 Å². The molecule has 0 fully saturated rings. The molecule has 0 spiro atoms. The molecule has 0 atom stereocenters. The molecule has 0 radical (unpaired) electrons. The number of anilines is 1. The number of methoxy groups -OCH3 is 1. The van der Waals surface area contributed by atoms with Crippen LogP contribution < -0.4 is 14.8 Å². The van der Waals surface area contributed by atoms with Gasteiger partial charge in [-0.05, 0) is 29.8 Å². The average molecular weight is 286 g/mol. The van der Waals surface area contributed by atoms with Gasteiger partial charge in [0.25, 0.3) is 0 Å². The lowest BCUT2D eigenvalue weighted by atomic mass is 10.2. The fourth-order valence-corrected chi connectivity index (χ4v) is 1.87. The summed E-state index contributed by atoms with van der Waals surface area (Å²) in [4.78, 5) is 0. The fraction of sp³-hybridized carbons (Fsp3) is 0.188. The fourth-order valence-electron chi connectivity index (χ4n) is 1.87. The molecule has 0 aliphatic carbocycles. The van der Waals surface area contributed by atoms with Gasteiger partial charge in [0.1, 0.15) is 23.4 Å². The van der Waals surface area contributed by atoms with Gasteiger partial charge in [-0.2, -0.15) is 5.26 Å². The predicted molar refractivity (Wildman–Crippen MR) is 77.8 cm³/mol. The number of ether oxygens (including phenoxy) is 2. The summed E-state index contributed by atoms with van der Waals surface area (Å²) >= 11 is 0. The largest absolute Gasteiger partial charge is 0.494 e. The number of nitrogens with one attached hydrogen (secondary N) is 1. The lowest BCUT2D eigenvalue weighted by Crippen LogP contribution is -2.02. The summed E-state index contributed by atoms with van der Waals surface area (Å²) in [6, 6.07) is 13.7. The van der Waals surface area contributed by atoms with Crippen molar-refractivity contribution in [2.24, 2.45) is 0 Å². The van der Waals surface area contributed by atoms with Crippen molar-refractivity contribution < 1.29 is 13.9 Å². The van der Waals surface area contributed by atoms with Crippen LogP contribution in [0.15, 0.2) is 42.5 Å². The maximum atomic E-state index is 13.1. The third-order valence-electron chi connectivity index (χ3n) is 2.85. The highest BCUT2D eigenvalue weighted by molar-refractivity contribution is 5.56. The van der Waals surface area contributed by atoms with Gasteiger partial charge in [-0.15, -0.1) is 0 Å². The third-order valence-corrected chi connectivity index (χ3v) is 2.85. The Morgan fingerprint density at radius 1 is 1.24 bits per heavy atom. The standard InChI is InChI=1S/C16H15FN2O2/c1-20-16-10-13(17)5-6-15(16)19-11-12-3-2-4-14(9-12)21-8-7-18/h2-6,9-10,19H,8,11H2,1H3. The van der Waals surface area contributed by atoms with Crippen molar-refractivity contribution in [3.05, 3.63) is 53.8 Å². The van der Waals surface area contributed by atoms with E-state index in [0.29, 0.717) is 23.7 Å². The Morgan fingerprint density at radius 2 is 2.10 bits per heavy atom. The molecule has 21 heavy (non-hydrogen) atoms. The van der Waals surface area contributed by atoms with E-state index in [0.717, 1.165) is 5.56 Å². The van der Waals surface area contributed by atoms with Crippen LogP contribution in [0.4, 0.5) is 10.1 Å². The molecule has 0 aliphatic rings. The summed E-state index contributed by atoms with van der Waals surface area (Å²) in [5.41, 5.74) is 1.69. The first-order valence-electron chi connectivity index (χ1n) is 6.39. The number of benzene rings is 2. The normalized spacial score (nSPS) is 9.76. The molecule has 0 saturated heterocycles. The highest BCUT2D eigenvalue weighted by atomic mass is 19.1. The van der Waals surface area contributed by atoms with E-state index in [-0.39, 0.29) is 12.4 Å². The van der Waals surface area contributed by atoms with E-state index in [1.165, 1.54) is 19.2 Å². The van der Waals surface area contributed by atoms with Crippen LogP contribution >= 0.6 is 0 Å². The second-order valence-corrected chi connectivity index (χ2v) is 4.29. The summed E-state index contributed by atoms with van der Waals surface area (Å²) in [5, 5.41) is 11.7. The number of rotatable bonds is 6. The topological polar surface area (TPSA) is 54.3 Å². The van der Waals surface area contributed by atoms with Gasteiger partial charge in [0.2, 0.25) is 0 Å².